The lowest BCUT2D eigenvalue weighted by atomic mass is 10.0. The topological polar surface area (TPSA) is 15.3 Å². The van der Waals surface area contributed by atoms with Crippen LogP contribution in [0.2, 0.25) is 0 Å². The van der Waals surface area contributed by atoms with Gasteiger partial charge >= 0.3 is 0 Å². The SMILES string of the molecule is CC(C)c1ccc(N(c2cc#ccc2)c2ccc3c4cc5c(cc4n4c6ccccc6c2c34)c2ccc(N(c3ccccc3)c3ccc(C(C)C)cc3)c3c4ccccc4n5c23)cc1. The highest BCUT2D eigenvalue weighted by atomic mass is 15.2. The van der Waals surface area contributed by atoms with Crippen molar-refractivity contribution in [3.05, 3.63) is 205 Å². The number of anilines is 6. The molecule has 13 rings (SSSR count). The number of rotatable bonds is 8. The van der Waals surface area contributed by atoms with Gasteiger partial charge in [0.25, 0.3) is 0 Å². The van der Waals surface area contributed by atoms with Crippen LogP contribution in [0.1, 0.15) is 50.7 Å². The molecular formula is C60H44N4. The van der Waals surface area contributed by atoms with E-state index in [0.29, 0.717) is 11.8 Å². The summed E-state index contributed by atoms with van der Waals surface area (Å²) in [4.78, 5) is 4.83. The predicted molar refractivity (Wildman–Crippen MR) is 271 cm³/mol. The highest BCUT2D eigenvalue weighted by Gasteiger charge is 2.28. The Labute approximate surface area is 372 Å². The predicted octanol–water partition coefficient (Wildman–Crippen LogP) is 16.8. The molecule has 304 valence electrons. The van der Waals surface area contributed by atoms with Gasteiger partial charge in [-0.25, -0.2) is 0 Å². The average molecular weight is 821 g/mol. The molecule has 0 aliphatic heterocycles. The molecule has 4 nitrogen and oxygen atoms in total. The monoisotopic (exact) mass is 820 g/mol. The summed E-state index contributed by atoms with van der Waals surface area (Å²) in [6.45, 7) is 9.01. The Balaban J connectivity index is 1.09. The quantitative estimate of drug-likeness (QED) is 0.152. The van der Waals surface area contributed by atoms with Gasteiger partial charge in [0.05, 0.1) is 50.2 Å². The first kappa shape index (κ1) is 36.6. The lowest BCUT2D eigenvalue weighted by molar-refractivity contribution is 0.866. The maximum atomic E-state index is 3.25. The summed E-state index contributed by atoms with van der Waals surface area (Å²) in [6, 6.07) is 73.7. The Morgan fingerprint density at radius 3 is 1.30 bits per heavy atom. The Morgan fingerprint density at radius 1 is 0.375 bits per heavy atom. The van der Waals surface area contributed by atoms with Crippen LogP contribution in [0.25, 0.3) is 76.2 Å². The second kappa shape index (κ2) is 13.8. The van der Waals surface area contributed by atoms with Crippen molar-refractivity contribution in [3.8, 4) is 0 Å². The minimum Gasteiger partial charge on any atom is -0.310 e. The van der Waals surface area contributed by atoms with Crippen LogP contribution in [0, 0.1) is 12.1 Å². The third kappa shape index (κ3) is 5.13. The van der Waals surface area contributed by atoms with Crippen molar-refractivity contribution in [1.82, 2.24) is 8.80 Å². The molecule has 0 atom stereocenters. The molecule has 0 fully saturated rings. The van der Waals surface area contributed by atoms with E-state index >= 15 is 0 Å². The van der Waals surface area contributed by atoms with Crippen molar-refractivity contribution < 1.29 is 0 Å². The fourth-order valence-corrected chi connectivity index (χ4v) is 10.8. The lowest BCUT2D eigenvalue weighted by Crippen LogP contribution is -2.10. The van der Waals surface area contributed by atoms with E-state index in [4.69, 9.17) is 0 Å². The minimum absolute atomic E-state index is 0.450. The van der Waals surface area contributed by atoms with Crippen LogP contribution in [0.15, 0.2) is 182 Å². The van der Waals surface area contributed by atoms with Gasteiger partial charge in [0.1, 0.15) is 0 Å². The van der Waals surface area contributed by atoms with Crippen molar-refractivity contribution in [2.24, 2.45) is 0 Å². The Hall–Kier alpha value is -8.00. The molecule has 0 bridgehead atoms. The van der Waals surface area contributed by atoms with E-state index in [0.717, 1.165) is 28.4 Å². The Morgan fingerprint density at radius 2 is 0.828 bits per heavy atom. The van der Waals surface area contributed by atoms with E-state index < -0.39 is 0 Å². The van der Waals surface area contributed by atoms with Crippen LogP contribution in [0.3, 0.4) is 0 Å². The molecule has 0 aliphatic carbocycles. The van der Waals surface area contributed by atoms with Crippen molar-refractivity contribution in [2.75, 3.05) is 9.80 Å². The van der Waals surface area contributed by atoms with Crippen molar-refractivity contribution in [1.29, 1.82) is 0 Å². The fraction of sp³-hybridized carbons (Fsp3) is 0.100. The number of nitrogens with zero attached hydrogens (tertiary/aromatic N) is 4. The van der Waals surface area contributed by atoms with Crippen LogP contribution in [0.4, 0.5) is 34.1 Å². The van der Waals surface area contributed by atoms with E-state index in [1.807, 2.05) is 12.1 Å². The number of hydrogen-bond acceptors (Lipinski definition) is 2. The molecule has 0 unspecified atom stereocenters. The average Bonchev–Trinajstić information content (AvgIpc) is 4.06. The first-order valence-corrected chi connectivity index (χ1v) is 22.5. The van der Waals surface area contributed by atoms with Gasteiger partial charge in [-0.2, -0.15) is 0 Å². The number of para-hydroxylation sites is 3. The number of hydrogen-bond donors (Lipinski definition) is 0. The lowest BCUT2D eigenvalue weighted by Gasteiger charge is -2.27. The molecule has 4 heteroatoms. The second-order valence-electron chi connectivity index (χ2n) is 18.0. The molecule has 0 amide bonds. The molecule has 9 aromatic carbocycles. The summed E-state index contributed by atoms with van der Waals surface area (Å²) in [7, 11) is 0. The molecule has 4 aromatic heterocycles. The normalized spacial score (nSPS) is 12.2. The van der Waals surface area contributed by atoms with Gasteiger partial charge in [0, 0.05) is 66.2 Å². The Bertz CT molecular complexity index is 3620. The summed E-state index contributed by atoms with van der Waals surface area (Å²) in [5.74, 6) is 0.910. The molecule has 4 heterocycles. The van der Waals surface area contributed by atoms with Gasteiger partial charge in [0.15, 0.2) is 0 Å². The smallest absolute Gasteiger partial charge is 0.0641 e. The zero-order valence-electron chi connectivity index (χ0n) is 36.3. The number of fused-ring (bicyclic) bond motifs is 12. The summed E-state index contributed by atoms with van der Waals surface area (Å²) < 4.78 is 5.06. The van der Waals surface area contributed by atoms with Crippen molar-refractivity contribution in [2.45, 2.75) is 39.5 Å². The van der Waals surface area contributed by atoms with Crippen LogP contribution in [0.5, 0.6) is 0 Å². The van der Waals surface area contributed by atoms with E-state index in [9.17, 15) is 0 Å². The number of benzene rings is 8. The largest absolute Gasteiger partial charge is 0.310 e. The highest BCUT2D eigenvalue weighted by Crippen LogP contribution is 2.51. The van der Waals surface area contributed by atoms with Crippen molar-refractivity contribution >= 4 is 110 Å². The molecule has 0 aliphatic rings. The van der Waals surface area contributed by atoms with Gasteiger partial charge in [-0.1, -0.05) is 131 Å². The molecule has 0 spiro atoms. The molecule has 64 heavy (non-hydrogen) atoms. The first-order chi connectivity index (χ1) is 31.4. The van der Waals surface area contributed by atoms with Crippen LogP contribution >= 0.6 is 0 Å². The highest BCUT2D eigenvalue weighted by molar-refractivity contribution is 6.32. The van der Waals surface area contributed by atoms with Gasteiger partial charge in [0.2, 0.25) is 0 Å². The Kier molecular flexibility index (Phi) is 7.87. The fourth-order valence-electron chi connectivity index (χ4n) is 10.8. The molecule has 0 saturated heterocycles. The third-order valence-corrected chi connectivity index (χ3v) is 13.8. The van der Waals surface area contributed by atoms with Crippen LogP contribution in [-0.2, 0) is 0 Å². The van der Waals surface area contributed by atoms with Crippen LogP contribution < -0.4 is 9.80 Å². The van der Waals surface area contributed by atoms with Crippen LogP contribution in [-0.4, -0.2) is 8.80 Å². The van der Waals surface area contributed by atoms with E-state index in [-0.39, 0.29) is 0 Å². The maximum absolute atomic E-state index is 3.25. The molecule has 0 N–H and O–H groups in total. The molecular weight excluding hydrogens is 777 g/mol. The van der Waals surface area contributed by atoms with E-state index in [1.54, 1.807) is 0 Å². The van der Waals surface area contributed by atoms with Gasteiger partial charge < -0.3 is 18.6 Å². The summed E-state index contributed by atoms with van der Waals surface area (Å²) >= 11 is 0. The van der Waals surface area contributed by atoms with Gasteiger partial charge in [-0.05, 0) is 108 Å². The van der Waals surface area contributed by atoms with Crippen molar-refractivity contribution in [3.63, 3.8) is 0 Å². The first-order valence-electron chi connectivity index (χ1n) is 22.5. The van der Waals surface area contributed by atoms with Gasteiger partial charge in [-0.15, -0.1) is 0 Å². The molecule has 0 saturated carbocycles. The molecule has 0 radical (unpaired) electrons. The second-order valence-corrected chi connectivity index (χ2v) is 18.0. The summed E-state index contributed by atoms with van der Waals surface area (Å²) in [5, 5.41) is 10.0. The minimum atomic E-state index is 0.450. The third-order valence-electron chi connectivity index (χ3n) is 13.8. The zero-order chi connectivity index (χ0) is 42.8. The standard InChI is InChI=1S/C60H44N4/c1-37(2)39-23-27-43(28-24-39)61(41-15-7-5-8-16-41)53-33-31-45-49-35-56-50(36-55(49)63-51-21-13-11-19-47(51)57(53)59(45)63)46-32-34-54(58-48-20-12-14-22-52(48)64(56)60(46)58)62(42-17-9-6-10-18-42)44-29-25-40(26-30-44)38(3)4/h5,7-9,11-38H,1-4H3. The zero-order valence-corrected chi connectivity index (χ0v) is 36.3. The van der Waals surface area contributed by atoms with Gasteiger partial charge in [-0.3, -0.25) is 0 Å². The maximum Gasteiger partial charge on any atom is 0.0641 e. The number of aromatic nitrogens is 2. The van der Waals surface area contributed by atoms with E-state index in [2.05, 4.69) is 228 Å². The van der Waals surface area contributed by atoms with E-state index in [1.165, 1.54) is 93.0 Å². The summed E-state index contributed by atoms with van der Waals surface area (Å²) in [6.07, 6.45) is 0. The molecule has 13 aromatic rings. The summed E-state index contributed by atoms with van der Waals surface area (Å²) in [5.41, 5.74) is 16.8.